The van der Waals surface area contributed by atoms with Crippen molar-refractivity contribution in [2.24, 2.45) is 0 Å². The average Bonchev–Trinajstić information content (AvgIpc) is 3.19. The fraction of sp³-hybridized carbons (Fsp3) is 0.278. The quantitative estimate of drug-likeness (QED) is 0.364. The van der Waals surface area contributed by atoms with Crippen molar-refractivity contribution < 1.29 is 9.21 Å². The number of anilines is 1. The molecule has 0 spiro atoms. The Balaban J connectivity index is 1.70. The SMILES string of the molecule is C=CCSc1nnc(NC(=O)Cc2coc3ccc(C(C)C)cc23)s1. The third kappa shape index (κ3) is 4.29. The number of nitrogens with zero attached hydrogens (tertiary/aromatic N) is 2. The molecule has 1 N–H and O–H groups in total. The minimum absolute atomic E-state index is 0.130. The number of benzene rings is 1. The number of aromatic nitrogens is 2. The molecule has 3 aromatic rings. The number of fused-ring (bicyclic) bond motifs is 1. The fourth-order valence-electron chi connectivity index (χ4n) is 2.38. The van der Waals surface area contributed by atoms with Gasteiger partial charge in [0, 0.05) is 16.7 Å². The highest BCUT2D eigenvalue weighted by Gasteiger charge is 2.14. The van der Waals surface area contributed by atoms with E-state index in [0.29, 0.717) is 11.0 Å². The molecule has 0 radical (unpaired) electrons. The molecule has 0 saturated heterocycles. The number of thioether (sulfide) groups is 1. The Hall–Kier alpha value is -2.12. The van der Waals surface area contributed by atoms with Crippen LogP contribution in [0.25, 0.3) is 11.0 Å². The number of nitrogens with one attached hydrogen (secondary N) is 1. The molecule has 0 atom stereocenters. The van der Waals surface area contributed by atoms with Crippen molar-refractivity contribution in [1.82, 2.24) is 10.2 Å². The van der Waals surface area contributed by atoms with Crippen LogP contribution in [0.3, 0.4) is 0 Å². The molecule has 2 aromatic heterocycles. The van der Waals surface area contributed by atoms with Gasteiger partial charge in [0.25, 0.3) is 0 Å². The maximum absolute atomic E-state index is 12.3. The minimum atomic E-state index is -0.130. The van der Waals surface area contributed by atoms with Gasteiger partial charge in [0.05, 0.1) is 12.7 Å². The molecule has 0 fully saturated rings. The molecule has 25 heavy (non-hydrogen) atoms. The standard InChI is InChI=1S/C18H19N3O2S2/c1-4-7-24-18-21-20-17(25-18)19-16(22)9-13-10-23-15-6-5-12(11(2)3)8-14(13)15/h4-6,8,10-11H,1,7,9H2,2-3H3,(H,19,20,22). The van der Waals surface area contributed by atoms with E-state index in [2.05, 4.69) is 48.1 Å². The molecule has 2 heterocycles. The summed E-state index contributed by atoms with van der Waals surface area (Å²) in [6.07, 6.45) is 3.70. The number of carbonyl (C=O) groups is 1. The van der Waals surface area contributed by atoms with Gasteiger partial charge in [-0.15, -0.1) is 16.8 Å². The van der Waals surface area contributed by atoms with Crippen LogP contribution in [0.2, 0.25) is 0 Å². The Bertz CT molecular complexity index is 899. The molecule has 5 nitrogen and oxygen atoms in total. The number of amides is 1. The van der Waals surface area contributed by atoms with Crippen molar-refractivity contribution in [3.8, 4) is 0 Å². The van der Waals surface area contributed by atoms with E-state index in [1.807, 2.05) is 6.07 Å². The fourth-order valence-corrected chi connectivity index (χ4v) is 3.91. The molecule has 0 bridgehead atoms. The highest BCUT2D eigenvalue weighted by Crippen LogP contribution is 2.28. The molecular weight excluding hydrogens is 354 g/mol. The zero-order valence-electron chi connectivity index (χ0n) is 14.1. The second-order valence-electron chi connectivity index (χ2n) is 5.87. The third-order valence-electron chi connectivity index (χ3n) is 3.67. The molecule has 1 aromatic carbocycles. The maximum atomic E-state index is 12.3. The summed E-state index contributed by atoms with van der Waals surface area (Å²) in [5, 5.41) is 12.3. The molecule has 0 aliphatic carbocycles. The molecule has 0 aliphatic heterocycles. The summed E-state index contributed by atoms with van der Waals surface area (Å²) in [5.74, 6) is 1.06. The third-order valence-corrected chi connectivity index (χ3v) is 5.64. The summed E-state index contributed by atoms with van der Waals surface area (Å²) in [7, 11) is 0. The van der Waals surface area contributed by atoms with Crippen LogP contribution in [0.15, 0.2) is 45.9 Å². The van der Waals surface area contributed by atoms with E-state index in [1.54, 1.807) is 24.1 Å². The number of rotatable bonds is 7. The summed E-state index contributed by atoms with van der Waals surface area (Å²) in [5.41, 5.74) is 2.90. The summed E-state index contributed by atoms with van der Waals surface area (Å²) in [6, 6.07) is 6.12. The first-order valence-electron chi connectivity index (χ1n) is 7.94. The van der Waals surface area contributed by atoms with Gasteiger partial charge in [-0.3, -0.25) is 4.79 Å². The van der Waals surface area contributed by atoms with Crippen molar-refractivity contribution in [3.05, 3.63) is 48.2 Å². The van der Waals surface area contributed by atoms with Crippen LogP contribution in [0.4, 0.5) is 5.13 Å². The van der Waals surface area contributed by atoms with Crippen molar-refractivity contribution >= 4 is 45.1 Å². The largest absolute Gasteiger partial charge is 0.464 e. The van der Waals surface area contributed by atoms with Gasteiger partial charge in [0.15, 0.2) is 4.34 Å². The van der Waals surface area contributed by atoms with Gasteiger partial charge in [-0.05, 0) is 23.6 Å². The van der Waals surface area contributed by atoms with E-state index in [0.717, 1.165) is 26.6 Å². The van der Waals surface area contributed by atoms with Crippen LogP contribution < -0.4 is 5.32 Å². The van der Waals surface area contributed by atoms with Gasteiger partial charge >= 0.3 is 0 Å². The van der Waals surface area contributed by atoms with Crippen LogP contribution in [-0.2, 0) is 11.2 Å². The molecule has 0 saturated carbocycles. The lowest BCUT2D eigenvalue weighted by Crippen LogP contribution is -2.14. The van der Waals surface area contributed by atoms with E-state index >= 15 is 0 Å². The summed E-state index contributed by atoms with van der Waals surface area (Å²) >= 11 is 2.90. The Kier molecular flexibility index (Phi) is 5.55. The Morgan fingerprint density at radius 1 is 1.44 bits per heavy atom. The molecule has 3 rings (SSSR count). The predicted octanol–water partition coefficient (Wildman–Crippen LogP) is 4.87. The Morgan fingerprint density at radius 3 is 3.04 bits per heavy atom. The molecule has 0 aliphatic rings. The highest BCUT2D eigenvalue weighted by molar-refractivity contribution is 8.01. The number of furan rings is 1. The number of carbonyl (C=O) groups excluding carboxylic acids is 1. The predicted molar refractivity (Wildman–Crippen MR) is 103 cm³/mol. The van der Waals surface area contributed by atoms with Crippen molar-refractivity contribution in [1.29, 1.82) is 0 Å². The minimum Gasteiger partial charge on any atom is -0.464 e. The number of hydrogen-bond acceptors (Lipinski definition) is 6. The van der Waals surface area contributed by atoms with E-state index in [1.165, 1.54) is 16.9 Å². The number of hydrogen-bond donors (Lipinski definition) is 1. The topological polar surface area (TPSA) is 68.0 Å². The lowest BCUT2D eigenvalue weighted by molar-refractivity contribution is -0.115. The van der Waals surface area contributed by atoms with Crippen LogP contribution >= 0.6 is 23.1 Å². The van der Waals surface area contributed by atoms with Crippen molar-refractivity contribution in [2.75, 3.05) is 11.1 Å². The second kappa shape index (κ2) is 7.84. The summed E-state index contributed by atoms with van der Waals surface area (Å²) in [4.78, 5) is 12.3. The maximum Gasteiger partial charge on any atom is 0.230 e. The van der Waals surface area contributed by atoms with E-state index < -0.39 is 0 Å². The van der Waals surface area contributed by atoms with Gasteiger partial charge in [0.1, 0.15) is 5.58 Å². The van der Waals surface area contributed by atoms with Gasteiger partial charge in [-0.25, -0.2) is 0 Å². The Labute approximate surface area is 154 Å². The van der Waals surface area contributed by atoms with Crippen molar-refractivity contribution in [2.45, 2.75) is 30.5 Å². The molecule has 7 heteroatoms. The monoisotopic (exact) mass is 373 g/mol. The normalized spacial score (nSPS) is 11.2. The zero-order chi connectivity index (χ0) is 17.8. The smallest absolute Gasteiger partial charge is 0.230 e. The molecule has 0 unspecified atom stereocenters. The van der Waals surface area contributed by atoms with E-state index in [9.17, 15) is 4.79 Å². The first kappa shape index (κ1) is 17.7. The molecule has 130 valence electrons. The van der Waals surface area contributed by atoms with E-state index in [4.69, 9.17) is 4.42 Å². The highest BCUT2D eigenvalue weighted by atomic mass is 32.2. The lowest BCUT2D eigenvalue weighted by atomic mass is 10.00. The summed E-state index contributed by atoms with van der Waals surface area (Å²) < 4.78 is 6.38. The van der Waals surface area contributed by atoms with Crippen LogP contribution in [0.5, 0.6) is 0 Å². The summed E-state index contributed by atoms with van der Waals surface area (Å²) in [6.45, 7) is 7.96. The molecular formula is C18H19N3O2S2. The lowest BCUT2D eigenvalue weighted by Gasteiger charge is -2.05. The van der Waals surface area contributed by atoms with Gasteiger partial charge in [0.2, 0.25) is 11.0 Å². The first-order chi connectivity index (χ1) is 12.1. The zero-order valence-corrected chi connectivity index (χ0v) is 15.7. The van der Waals surface area contributed by atoms with E-state index in [-0.39, 0.29) is 12.3 Å². The first-order valence-corrected chi connectivity index (χ1v) is 9.74. The van der Waals surface area contributed by atoms with Gasteiger partial charge in [-0.2, -0.15) is 0 Å². The van der Waals surface area contributed by atoms with Crippen LogP contribution in [0.1, 0.15) is 30.9 Å². The van der Waals surface area contributed by atoms with Gasteiger partial charge in [-0.1, -0.05) is 49.1 Å². The average molecular weight is 374 g/mol. The van der Waals surface area contributed by atoms with Crippen LogP contribution in [0, 0.1) is 0 Å². The Morgan fingerprint density at radius 2 is 2.28 bits per heavy atom. The van der Waals surface area contributed by atoms with Gasteiger partial charge < -0.3 is 9.73 Å². The molecule has 1 amide bonds. The van der Waals surface area contributed by atoms with Crippen molar-refractivity contribution in [3.63, 3.8) is 0 Å². The second-order valence-corrected chi connectivity index (χ2v) is 8.11. The van der Waals surface area contributed by atoms with Crippen LogP contribution in [-0.4, -0.2) is 21.9 Å².